The molecule has 3 aliphatic rings. The molecule has 4 rings (SSSR count). The molecule has 1 saturated carbocycles. The summed E-state index contributed by atoms with van der Waals surface area (Å²) < 4.78 is 0.852. The quantitative estimate of drug-likeness (QED) is 0.381. The first kappa shape index (κ1) is 20.7. The van der Waals surface area contributed by atoms with Crippen molar-refractivity contribution in [2.75, 3.05) is 0 Å². The molecule has 0 spiro atoms. The predicted octanol–water partition coefficient (Wildman–Crippen LogP) is -0.231. The minimum Gasteiger partial charge on any atom is -1.00 e. The van der Waals surface area contributed by atoms with Crippen molar-refractivity contribution < 1.29 is 54.4 Å². The third kappa shape index (κ3) is 3.00. The van der Waals surface area contributed by atoms with E-state index in [1.54, 1.807) is 0 Å². The van der Waals surface area contributed by atoms with E-state index in [2.05, 4.69) is 89.8 Å². The summed E-state index contributed by atoms with van der Waals surface area (Å²) in [5.74, 6) is 2.18. The molecule has 0 radical (unpaired) electrons. The van der Waals surface area contributed by atoms with Gasteiger partial charge >= 0.3 is 147 Å². The molecule has 0 N–H and O–H groups in total. The summed E-state index contributed by atoms with van der Waals surface area (Å²) in [5, 5.41) is 0. The summed E-state index contributed by atoms with van der Waals surface area (Å²) in [7, 11) is 0. The molecule has 0 nitrogen and oxygen atoms in total. The molecule has 1 aromatic carbocycles. The fourth-order valence-corrected chi connectivity index (χ4v) is 6.78. The predicted molar refractivity (Wildman–Crippen MR) is 89.2 cm³/mol. The number of rotatable bonds is 1. The number of hydrogen-bond acceptors (Lipinski definition) is 0. The van der Waals surface area contributed by atoms with Crippen molar-refractivity contribution in [3.63, 3.8) is 0 Å². The zero-order valence-corrected chi connectivity index (χ0v) is 19.3. The second kappa shape index (κ2) is 7.18. The Morgan fingerprint density at radius 2 is 1.71 bits per heavy atom. The molecule has 24 heavy (non-hydrogen) atoms. The third-order valence-electron chi connectivity index (χ3n) is 6.66. The van der Waals surface area contributed by atoms with Crippen LogP contribution in [-0.4, -0.2) is 0 Å². The molecule has 0 aromatic heterocycles. The van der Waals surface area contributed by atoms with E-state index in [1.165, 1.54) is 24.0 Å². The van der Waals surface area contributed by atoms with Gasteiger partial charge in [-0.2, -0.15) is 0 Å². The summed E-state index contributed by atoms with van der Waals surface area (Å²) in [5.41, 5.74) is 3.58. The van der Waals surface area contributed by atoms with Gasteiger partial charge in [0.15, 0.2) is 0 Å². The van der Waals surface area contributed by atoms with Gasteiger partial charge in [-0.1, -0.05) is 0 Å². The number of fused-ring (bicyclic) bond motifs is 2. The zero-order chi connectivity index (χ0) is 15.5. The fourth-order valence-electron chi connectivity index (χ4n) is 5.49. The molecule has 5 unspecified atom stereocenters. The molecule has 1 aromatic rings. The molecule has 0 amide bonds. The molecule has 0 bridgehead atoms. The van der Waals surface area contributed by atoms with E-state index in [9.17, 15) is 0 Å². The average Bonchev–Trinajstić information content (AvgIpc) is 3.09. The van der Waals surface area contributed by atoms with Crippen LogP contribution in [-0.2, 0) is 20.4 Å². The molecular formula is C21H25Br2Ti. The number of allylic oxidation sites excluding steroid dienone is 3. The van der Waals surface area contributed by atoms with Crippen molar-refractivity contribution in [1.29, 1.82) is 0 Å². The molecule has 5 atom stereocenters. The van der Waals surface area contributed by atoms with Crippen molar-refractivity contribution in [3.05, 3.63) is 53.6 Å². The van der Waals surface area contributed by atoms with Crippen molar-refractivity contribution in [2.24, 2.45) is 22.7 Å². The van der Waals surface area contributed by atoms with Gasteiger partial charge in [0.25, 0.3) is 0 Å². The van der Waals surface area contributed by atoms with Crippen LogP contribution in [0.4, 0.5) is 0 Å². The molecule has 0 aliphatic heterocycles. The van der Waals surface area contributed by atoms with Crippen LogP contribution in [0.3, 0.4) is 0 Å². The van der Waals surface area contributed by atoms with Crippen molar-refractivity contribution in [2.45, 2.75) is 43.8 Å². The van der Waals surface area contributed by atoms with Gasteiger partial charge in [-0.05, 0) is 0 Å². The van der Waals surface area contributed by atoms with Crippen LogP contribution < -0.4 is 34.0 Å². The molecular weight excluding hydrogens is 460 g/mol. The summed E-state index contributed by atoms with van der Waals surface area (Å²) in [6.45, 7) is 7.41. The normalized spacial score (nSPS) is 38.0. The molecule has 3 heteroatoms. The van der Waals surface area contributed by atoms with Gasteiger partial charge < -0.3 is 34.0 Å². The van der Waals surface area contributed by atoms with E-state index in [0.29, 0.717) is 11.3 Å². The molecule has 3 aliphatic carbocycles. The van der Waals surface area contributed by atoms with Crippen LogP contribution in [0.1, 0.15) is 50.7 Å². The minimum atomic E-state index is 0. The Kier molecular flexibility index (Phi) is 6.19. The van der Waals surface area contributed by atoms with Crippen molar-refractivity contribution in [3.8, 4) is 0 Å². The summed E-state index contributed by atoms with van der Waals surface area (Å²) >= 11 is 2.48. The smallest absolute Gasteiger partial charge is 1.00 e. The maximum absolute atomic E-state index is 2.57. The number of hydrogen-bond donors (Lipinski definition) is 0. The van der Waals surface area contributed by atoms with Crippen molar-refractivity contribution in [1.82, 2.24) is 0 Å². The van der Waals surface area contributed by atoms with Gasteiger partial charge in [0.1, 0.15) is 0 Å². The monoisotopic (exact) mass is 483 g/mol. The fraction of sp³-hybridized carbons (Fsp3) is 0.524. The van der Waals surface area contributed by atoms with Gasteiger partial charge in [0, 0.05) is 0 Å². The van der Waals surface area contributed by atoms with E-state index in [-0.39, 0.29) is 39.4 Å². The summed E-state index contributed by atoms with van der Waals surface area (Å²) in [4.78, 5) is 0. The maximum Gasteiger partial charge on any atom is -1.00 e. The van der Waals surface area contributed by atoms with Crippen LogP contribution in [0.15, 0.2) is 42.5 Å². The van der Waals surface area contributed by atoms with E-state index >= 15 is 0 Å². The Labute approximate surface area is 179 Å². The van der Waals surface area contributed by atoms with E-state index < -0.39 is 0 Å². The van der Waals surface area contributed by atoms with Crippen LogP contribution in [0.2, 0.25) is 4.22 Å². The summed E-state index contributed by atoms with van der Waals surface area (Å²) in [6.07, 6.45) is 12.7. The van der Waals surface area contributed by atoms with E-state index in [0.717, 1.165) is 16.1 Å². The SMILES string of the molecule is CC1(C)C=CC(C)(C2C=Cc3ccccc32)C2CC[CH]([Ti+2])C21.[Br-].[Br-]. The Morgan fingerprint density at radius 3 is 2.46 bits per heavy atom. The minimum absolute atomic E-state index is 0. The standard InChI is InChI=1S/C21H25.2BrH.Ti/c1-20(2)13-14-21(3,19-10-6-9-18(19)20)17-12-11-15-7-4-5-8-16(15)17;;;/h4-5,7-9,11-14,17-19H,6,10H2,1-3H3;2*1H;/q;;;+2/p-2. The largest absolute Gasteiger partial charge is 1.00 e. The topological polar surface area (TPSA) is 0 Å². The Balaban J connectivity index is 0.00000104. The third-order valence-corrected chi connectivity index (χ3v) is 7.67. The van der Waals surface area contributed by atoms with Crippen LogP contribution in [0, 0.1) is 22.7 Å². The van der Waals surface area contributed by atoms with Gasteiger partial charge in [-0.15, -0.1) is 0 Å². The van der Waals surface area contributed by atoms with Crippen LogP contribution >= 0.6 is 0 Å². The van der Waals surface area contributed by atoms with Gasteiger partial charge in [-0.25, -0.2) is 0 Å². The molecule has 0 heterocycles. The van der Waals surface area contributed by atoms with Crippen LogP contribution in [0.25, 0.3) is 6.08 Å². The van der Waals surface area contributed by atoms with Crippen LogP contribution in [0.5, 0.6) is 0 Å². The van der Waals surface area contributed by atoms with Gasteiger partial charge in [0.2, 0.25) is 0 Å². The van der Waals surface area contributed by atoms with Crippen molar-refractivity contribution >= 4 is 6.08 Å². The summed E-state index contributed by atoms with van der Waals surface area (Å²) in [6, 6.07) is 8.97. The Bertz CT molecular complexity index is 664. The van der Waals surface area contributed by atoms with E-state index in [1.807, 2.05) is 0 Å². The first-order chi connectivity index (χ1) is 10.4. The maximum atomic E-state index is 2.57. The first-order valence-electron chi connectivity index (χ1n) is 8.62. The van der Waals surface area contributed by atoms with Gasteiger partial charge in [0.05, 0.1) is 0 Å². The second-order valence-corrected chi connectivity index (χ2v) is 9.46. The number of benzene rings is 1. The Hall–Kier alpha value is 0.374. The molecule has 127 valence electrons. The second-order valence-electron chi connectivity index (χ2n) is 8.30. The first-order valence-corrected chi connectivity index (χ1v) is 9.52. The van der Waals surface area contributed by atoms with E-state index in [4.69, 9.17) is 0 Å². The zero-order valence-electron chi connectivity index (χ0n) is 14.6. The van der Waals surface area contributed by atoms with Gasteiger partial charge in [-0.3, -0.25) is 0 Å². The molecule has 1 fully saturated rings. The average molecular weight is 485 g/mol. The Morgan fingerprint density at radius 1 is 1.00 bits per heavy atom. The number of halogens is 2. The molecule has 0 saturated heterocycles.